The molecule has 1 aromatic heterocycles. The minimum atomic E-state index is 0.667. The van der Waals surface area contributed by atoms with E-state index in [1.165, 1.54) is 5.56 Å². The molecular formula is C14H11Br2N3. The maximum absolute atomic E-state index is 5.98. The number of anilines is 1. The predicted octanol–water partition coefficient (Wildman–Crippen LogP) is 4.65. The van der Waals surface area contributed by atoms with Gasteiger partial charge in [0.2, 0.25) is 0 Å². The normalized spacial score (nSPS) is 11.1. The van der Waals surface area contributed by atoms with E-state index in [1.807, 2.05) is 24.3 Å². The number of rotatable bonds is 1. The number of H-pyrrole nitrogens is 1. The van der Waals surface area contributed by atoms with Gasteiger partial charge in [-0.25, -0.2) is 4.98 Å². The molecule has 3 N–H and O–H groups in total. The van der Waals surface area contributed by atoms with E-state index < -0.39 is 0 Å². The first-order valence-corrected chi connectivity index (χ1v) is 7.34. The van der Waals surface area contributed by atoms with Crippen LogP contribution in [0, 0.1) is 6.92 Å². The van der Waals surface area contributed by atoms with Crippen molar-refractivity contribution < 1.29 is 0 Å². The summed E-state index contributed by atoms with van der Waals surface area (Å²) in [6, 6.07) is 9.98. The van der Waals surface area contributed by atoms with Crippen LogP contribution < -0.4 is 5.73 Å². The SMILES string of the molecule is Cc1cc(-c2nc3c(N)cc(Br)cc3[nH]2)ccc1Br. The zero-order valence-corrected chi connectivity index (χ0v) is 13.3. The van der Waals surface area contributed by atoms with Crippen LogP contribution in [0.4, 0.5) is 5.69 Å². The zero-order chi connectivity index (χ0) is 13.6. The fourth-order valence-electron chi connectivity index (χ4n) is 2.04. The van der Waals surface area contributed by atoms with Gasteiger partial charge in [-0.15, -0.1) is 0 Å². The first kappa shape index (κ1) is 12.7. The highest BCUT2D eigenvalue weighted by Crippen LogP contribution is 2.29. The monoisotopic (exact) mass is 379 g/mol. The Bertz CT molecular complexity index is 778. The van der Waals surface area contributed by atoms with Crippen LogP contribution >= 0.6 is 31.9 Å². The van der Waals surface area contributed by atoms with Gasteiger partial charge >= 0.3 is 0 Å². The maximum Gasteiger partial charge on any atom is 0.138 e. The summed E-state index contributed by atoms with van der Waals surface area (Å²) in [5.74, 6) is 0.829. The zero-order valence-electron chi connectivity index (χ0n) is 10.2. The Labute approximate surface area is 127 Å². The number of benzene rings is 2. The van der Waals surface area contributed by atoms with Gasteiger partial charge in [0, 0.05) is 14.5 Å². The number of aryl methyl sites for hydroxylation is 1. The molecule has 5 heteroatoms. The van der Waals surface area contributed by atoms with Crippen LogP contribution in [0.3, 0.4) is 0 Å². The quantitative estimate of drug-likeness (QED) is 0.604. The number of aromatic nitrogens is 2. The molecule has 0 saturated carbocycles. The highest BCUT2D eigenvalue weighted by Gasteiger charge is 2.09. The number of nitrogens with two attached hydrogens (primary N) is 1. The smallest absolute Gasteiger partial charge is 0.138 e. The van der Waals surface area contributed by atoms with Gasteiger partial charge in [0.15, 0.2) is 0 Å². The van der Waals surface area contributed by atoms with E-state index in [2.05, 4.69) is 54.8 Å². The maximum atomic E-state index is 5.98. The Kier molecular flexibility index (Phi) is 3.11. The number of aromatic amines is 1. The average molecular weight is 381 g/mol. The first-order valence-electron chi connectivity index (χ1n) is 5.76. The molecule has 0 aliphatic rings. The Hall–Kier alpha value is -1.33. The third-order valence-corrected chi connectivity index (χ3v) is 4.36. The highest BCUT2D eigenvalue weighted by atomic mass is 79.9. The summed E-state index contributed by atoms with van der Waals surface area (Å²) >= 11 is 6.94. The summed E-state index contributed by atoms with van der Waals surface area (Å²) < 4.78 is 2.04. The van der Waals surface area contributed by atoms with Crippen molar-refractivity contribution >= 4 is 48.6 Å². The molecule has 0 bridgehead atoms. The number of imidazole rings is 1. The van der Waals surface area contributed by atoms with Gasteiger partial charge in [-0.3, -0.25) is 0 Å². The van der Waals surface area contributed by atoms with E-state index in [4.69, 9.17) is 5.73 Å². The molecule has 1 heterocycles. The minimum Gasteiger partial charge on any atom is -0.397 e. The Balaban J connectivity index is 2.20. The lowest BCUT2D eigenvalue weighted by Crippen LogP contribution is -1.86. The van der Waals surface area contributed by atoms with Crippen molar-refractivity contribution in [3.05, 3.63) is 44.8 Å². The average Bonchev–Trinajstić information content (AvgIpc) is 2.76. The number of nitrogens with zero attached hydrogens (tertiary/aromatic N) is 1. The minimum absolute atomic E-state index is 0.667. The van der Waals surface area contributed by atoms with E-state index in [9.17, 15) is 0 Å². The van der Waals surface area contributed by atoms with Gasteiger partial charge < -0.3 is 10.7 Å². The van der Waals surface area contributed by atoms with E-state index in [0.717, 1.165) is 31.4 Å². The van der Waals surface area contributed by atoms with Crippen LogP contribution in [0.5, 0.6) is 0 Å². The molecular weight excluding hydrogens is 370 g/mol. The molecule has 0 aliphatic carbocycles. The second kappa shape index (κ2) is 4.65. The van der Waals surface area contributed by atoms with E-state index in [0.29, 0.717) is 5.69 Å². The standard InChI is InChI=1S/C14H11Br2N3/c1-7-4-8(2-3-10(7)16)14-18-12-6-9(15)5-11(17)13(12)19-14/h2-6H,17H2,1H3,(H,18,19). The van der Waals surface area contributed by atoms with Gasteiger partial charge in [-0.05, 0) is 36.8 Å². The molecule has 0 unspecified atom stereocenters. The number of hydrogen-bond donors (Lipinski definition) is 2. The summed E-state index contributed by atoms with van der Waals surface area (Å²) in [6.07, 6.45) is 0. The number of halogens is 2. The van der Waals surface area contributed by atoms with E-state index in [1.54, 1.807) is 0 Å². The molecule has 0 saturated heterocycles. The Morgan fingerprint density at radius 1 is 1.16 bits per heavy atom. The van der Waals surface area contributed by atoms with Crippen LogP contribution in [-0.4, -0.2) is 9.97 Å². The third-order valence-electron chi connectivity index (χ3n) is 3.01. The lowest BCUT2D eigenvalue weighted by atomic mass is 10.1. The number of hydrogen-bond acceptors (Lipinski definition) is 2. The molecule has 0 spiro atoms. The van der Waals surface area contributed by atoms with E-state index >= 15 is 0 Å². The van der Waals surface area contributed by atoms with Gasteiger partial charge in [0.1, 0.15) is 11.3 Å². The van der Waals surface area contributed by atoms with Crippen LogP contribution in [0.1, 0.15) is 5.56 Å². The Morgan fingerprint density at radius 3 is 2.68 bits per heavy atom. The van der Waals surface area contributed by atoms with Crippen LogP contribution in [0.15, 0.2) is 39.3 Å². The van der Waals surface area contributed by atoms with Crippen molar-refractivity contribution in [3.63, 3.8) is 0 Å². The van der Waals surface area contributed by atoms with Gasteiger partial charge in [0.25, 0.3) is 0 Å². The molecule has 3 nitrogen and oxygen atoms in total. The molecule has 0 radical (unpaired) electrons. The summed E-state index contributed by atoms with van der Waals surface area (Å²) in [5, 5.41) is 0. The fraction of sp³-hybridized carbons (Fsp3) is 0.0714. The third kappa shape index (κ3) is 2.28. The summed E-state index contributed by atoms with van der Waals surface area (Å²) in [4.78, 5) is 7.88. The predicted molar refractivity (Wildman–Crippen MR) is 86.1 cm³/mol. The van der Waals surface area contributed by atoms with Gasteiger partial charge in [0.05, 0.1) is 11.2 Å². The lowest BCUT2D eigenvalue weighted by Gasteiger charge is -2.00. The molecule has 3 aromatic rings. The molecule has 0 amide bonds. The lowest BCUT2D eigenvalue weighted by molar-refractivity contribution is 1.32. The first-order chi connectivity index (χ1) is 9.04. The molecule has 2 aromatic carbocycles. The Morgan fingerprint density at radius 2 is 1.95 bits per heavy atom. The van der Waals surface area contributed by atoms with Crippen molar-refractivity contribution in [2.45, 2.75) is 6.92 Å². The van der Waals surface area contributed by atoms with E-state index in [-0.39, 0.29) is 0 Å². The summed E-state index contributed by atoms with van der Waals surface area (Å²) in [7, 11) is 0. The number of nitrogen functional groups attached to an aromatic ring is 1. The second-order valence-electron chi connectivity index (χ2n) is 4.44. The highest BCUT2D eigenvalue weighted by molar-refractivity contribution is 9.10. The number of nitrogens with one attached hydrogen (secondary N) is 1. The molecule has 3 rings (SSSR count). The van der Waals surface area contributed by atoms with Gasteiger partial charge in [-0.2, -0.15) is 0 Å². The molecule has 96 valence electrons. The van der Waals surface area contributed by atoms with Crippen LogP contribution in [0.25, 0.3) is 22.4 Å². The van der Waals surface area contributed by atoms with Crippen molar-refractivity contribution in [3.8, 4) is 11.4 Å². The van der Waals surface area contributed by atoms with Crippen molar-refractivity contribution in [2.24, 2.45) is 0 Å². The fourth-order valence-corrected chi connectivity index (χ4v) is 2.76. The molecule has 0 aliphatic heterocycles. The molecule has 0 atom stereocenters. The summed E-state index contributed by atoms with van der Waals surface area (Å²) in [5.41, 5.74) is 10.6. The largest absolute Gasteiger partial charge is 0.397 e. The number of fused-ring (bicyclic) bond motifs is 1. The molecule has 0 fully saturated rings. The molecule has 19 heavy (non-hydrogen) atoms. The van der Waals surface area contributed by atoms with Crippen LogP contribution in [-0.2, 0) is 0 Å². The topological polar surface area (TPSA) is 54.7 Å². The second-order valence-corrected chi connectivity index (χ2v) is 6.21. The van der Waals surface area contributed by atoms with Crippen molar-refractivity contribution in [1.29, 1.82) is 0 Å². The summed E-state index contributed by atoms with van der Waals surface area (Å²) in [6.45, 7) is 2.06. The van der Waals surface area contributed by atoms with Crippen LogP contribution in [0.2, 0.25) is 0 Å². The van der Waals surface area contributed by atoms with Crippen molar-refractivity contribution in [1.82, 2.24) is 9.97 Å². The van der Waals surface area contributed by atoms with Crippen molar-refractivity contribution in [2.75, 3.05) is 5.73 Å². The van der Waals surface area contributed by atoms with Gasteiger partial charge in [-0.1, -0.05) is 37.9 Å².